The number of benzene rings is 2. The summed E-state index contributed by atoms with van der Waals surface area (Å²) in [5, 5.41) is 6.71. The quantitative estimate of drug-likeness (QED) is 0.352. The molecule has 3 aromatic rings. The van der Waals surface area contributed by atoms with E-state index in [4.69, 9.17) is 14.2 Å². The molecule has 0 bridgehead atoms. The molecule has 1 aliphatic rings. The fraction of sp³-hybridized carbons (Fsp3) is 0.208. The van der Waals surface area contributed by atoms with E-state index in [0.717, 1.165) is 5.56 Å². The maximum atomic E-state index is 12.6. The lowest BCUT2D eigenvalue weighted by Gasteiger charge is -2.16. The third-order valence-electron chi connectivity index (χ3n) is 4.87. The van der Waals surface area contributed by atoms with E-state index >= 15 is 0 Å². The fourth-order valence-corrected chi connectivity index (χ4v) is 4.64. The minimum absolute atomic E-state index is 0.0844. The Hall–Kier alpha value is -3.50. The molecule has 8 nitrogen and oxygen atoms in total. The molecule has 0 spiro atoms. The molecule has 2 aromatic carbocycles. The summed E-state index contributed by atoms with van der Waals surface area (Å²) in [5.74, 6) is 0.146. The van der Waals surface area contributed by atoms with Crippen LogP contribution in [0.5, 0.6) is 11.5 Å². The van der Waals surface area contributed by atoms with Gasteiger partial charge in [-0.1, -0.05) is 12.1 Å². The van der Waals surface area contributed by atoms with Crippen LogP contribution in [0.25, 0.3) is 0 Å². The predicted octanol–water partition coefficient (Wildman–Crippen LogP) is 4.02. The van der Waals surface area contributed by atoms with Crippen molar-refractivity contribution in [1.29, 1.82) is 0 Å². The first-order valence-electron chi connectivity index (χ1n) is 10.3. The third kappa shape index (κ3) is 6.09. The highest BCUT2D eigenvalue weighted by molar-refractivity contribution is 8.00. The summed E-state index contributed by atoms with van der Waals surface area (Å²) < 4.78 is 15.8. The monoisotopic (exact) mass is 498 g/mol. The highest BCUT2D eigenvalue weighted by atomic mass is 32.2. The highest BCUT2D eigenvalue weighted by Crippen LogP contribution is 2.34. The fourth-order valence-electron chi connectivity index (χ4n) is 3.14. The maximum Gasteiger partial charge on any atom is 0.339 e. The van der Waals surface area contributed by atoms with Crippen LogP contribution < -0.4 is 14.8 Å². The van der Waals surface area contributed by atoms with Crippen molar-refractivity contribution in [2.75, 3.05) is 31.5 Å². The number of thiophene rings is 1. The number of amides is 2. The standard InChI is InChI=1S/C24H22N2O6S2/c1-26(11-16-8-9-33-13-16)23(28)12-30-24(29)18-4-2-3-5-21(18)34-14-22(27)25-17-6-7-19-20(10-17)32-15-31-19/h2-10,13H,11-12,14-15H2,1H3,(H,25,27). The van der Waals surface area contributed by atoms with E-state index in [9.17, 15) is 14.4 Å². The van der Waals surface area contributed by atoms with Crippen LogP contribution in [0, 0.1) is 0 Å². The van der Waals surface area contributed by atoms with Gasteiger partial charge in [0.15, 0.2) is 18.1 Å². The minimum Gasteiger partial charge on any atom is -0.454 e. The molecule has 10 heteroatoms. The zero-order valence-electron chi connectivity index (χ0n) is 18.3. The Bertz CT molecular complexity index is 1180. The Labute approximate surface area is 204 Å². The Morgan fingerprint density at radius 2 is 1.94 bits per heavy atom. The number of carbonyl (C=O) groups excluding carboxylic acids is 3. The van der Waals surface area contributed by atoms with Gasteiger partial charge in [-0.25, -0.2) is 4.79 Å². The van der Waals surface area contributed by atoms with Crippen LogP contribution in [0.1, 0.15) is 15.9 Å². The molecule has 0 fully saturated rings. The van der Waals surface area contributed by atoms with E-state index in [2.05, 4.69) is 5.32 Å². The van der Waals surface area contributed by atoms with Gasteiger partial charge in [0.2, 0.25) is 12.7 Å². The smallest absolute Gasteiger partial charge is 0.339 e. The zero-order chi connectivity index (χ0) is 23.9. The molecule has 0 saturated carbocycles. The molecule has 0 aliphatic carbocycles. The van der Waals surface area contributed by atoms with Gasteiger partial charge in [-0.3, -0.25) is 9.59 Å². The molecule has 34 heavy (non-hydrogen) atoms. The molecule has 0 saturated heterocycles. The molecule has 4 rings (SSSR count). The molecule has 1 N–H and O–H groups in total. The van der Waals surface area contributed by atoms with Crippen molar-refractivity contribution in [3.05, 3.63) is 70.4 Å². The molecular formula is C24H22N2O6S2. The Morgan fingerprint density at radius 1 is 1.12 bits per heavy atom. The van der Waals surface area contributed by atoms with Crippen molar-refractivity contribution in [2.24, 2.45) is 0 Å². The first kappa shape index (κ1) is 23.7. The van der Waals surface area contributed by atoms with Gasteiger partial charge in [0.1, 0.15) is 0 Å². The van der Waals surface area contributed by atoms with Crippen LogP contribution in [0.4, 0.5) is 5.69 Å². The second kappa shape index (κ2) is 11.1. The lowest BCUT2D eigenvalue weighted by molar-refractivity contribution is -0.133. The van der Waals surface area contributed by atoms with Gasteiger partial charge in [-0.2, -0.15) is 11.3 Å². The average molecular weight is 499 g/mol. The summed E-state index contributed by atoms with van der Waals surface area (Å²) >= 11 is 2.77. The molecule has 1 aliphatic heterocycles. The summed E-state index contributed by atoms with van der Waals surface area (Å²) in [4.78, 5) is 39.5. The van der Waals surface area contributed by atoms with Crippen molar-refractivity contribution in [2.45, 2.75) is 11.4 Å². The summed E-state index contributed by atoms with van der Waals surface area (Å²) in [6, 6.07) is 13.9. The SMILES string of the molecule is CN(Cc1ccsc1)C(=O)COC(=O)c1ccccc1SCC(=O)Nc1ccc2c(c1)OCO2. The van der Waals surface area contributed by atoms with Crippen LogP contribution in [0.2, 0.25) is 0 Å². The Balaban J connectivity index is 1.29. The van der Waals surface area contributed by atoms with Crippen LogP contribution in [0.3, 0.4) is 0 Å². The lowest BCUT2D eigenvalue weighted by Crippen LogP contribution is -2.30. The van der Waals surface area contributed by atoms with Gasteiger partial charge < -0.3 is 24.4 Å². The van der Waals surface area contributed by atoms with E-state index in [0.29, 0.717) is 34.2 Å². The lowest BCUT2D eigenvalue weighted by atomic mass is 10.2. The number of likely N-dealkylation sites (N-methyl/N-ethyl adjacent to an activating group) is 1. The van der Waals surface area contributed by atoms with E-state index in [1.165, 1.54) is 16.7 Å². The Kier molecular flexibility index (Phi) is 7.71. The van der Waals surface area contributed by atoms with Gasteiger partial charge in [-0.15, -0.1) is 11.8 Å². The summed E-state index contributed by atoms with van der Waals surface area (Å²) in [6.07, 6.45) is 0. The zero-order valence-corrected chi connectivity index (χ0v) is 19.9. The predicted molar refractivity (Wildman–Crippen MR) is 129 cm³/mol. The van der Waals surface area contributed by atoms with E-state index < -0.39 is 5.97 Å². The molecular weight excluding hydrogens is 476 g/mol. The maximum absolute atomic E-state index is 12.6. The summed E-state index contributed by atoms with van der Waals surface area (Å²) in [5.41, 5.74) is 1.91. The number of rotatable bonds is 9. The highest BCUT2D eigenvalue weighted by Gasteiger charge is 2.18. The second-order valence-electron chi connectivity index (χ2n) is 7.36. The first-order chi connectivity index (χ1) is 16.5. The van der Waals surface area contributed by atoms with Gasteiger partial charge in [-0.05, 0) is 46.7 Å². The van der Waals surface area contributed by atoms with Crippen molar-refractivity contribution in [3.8, 4) is 11.5 Å². The molecule has 0 atom stereocenters. The molecule has 0 unspecified atom stereocenters. The number of ether oxygens (including phenoxy) is 3. The topological polar surface area (TPSA) is 94.2 Å². The number of nitrogens with zero attached hydrogens (tertiary/aromatic N) is 1. The van der Waals surface area contributed by atoms with Crippen LogP contribution in [-0.4, -0.2) is 48.9 Å². The Morgan fingerprint density at radius 3 is 2.76 bits per heavy atom. The number of thioether (sulfide) groups is 1. The average Bonchev–Trinajstić information content (AvgIpc) is 3.53. The normalized spacial score (nSPS) is 11.7. The molecule has 0 radical (unpaired) electrons. The van der Waals surface area contributed by atoms with Crippen LogP contribution in [0.15, 0.2) is 64.2 Å². The second-order valence-corrected chi connectivity index (χ2v) is 9.16. The number of hydrogen-bond acceptors (Lipinski definition) is 8. The first-order valence-corrected chi connectivity index (χ1v) is 12.3. The van der Waals surface area contributed by atoms with Crippen LogP contribution in [-0.2, 0) is 20.9 Å². The van der Waals surface area contributed by atoms with Crippen molar-refractivity contribution in [1.82, 2.24) is 4.90 Å². The van der Waals surface area contributed by atoms with Gasteiger partial charge >= 0.3 is 5.97 Å². The number of fused-ring (bicyclic) bond motifs is 1. The molecule has 176 valence electrons. The van der Waals surface area contributed by atoms with E-state index in [1.54, 1.807) is 60.8 Å². The third-order valence-corrected chi connectivity index (χ3v) is 6.68. The van der Waals surface area contributed by atoms with Gasteiger partial charge in [0.05, 0.1) is 11.3 Å². The molecule has 2 amide bonds. The van der Waals surface area contributed by atoms with E-state index in [-0.39, 0.29) is 31.0 Å². The van der Waals surface area contributed by atoms with Crippen molar-refractivity contribution < 1.29 is 28.6 Å². The number of carbonyl (C=O) groups is 3. The minimum atomic E-state index is -0.614. The number of hydrogen-bond donors (Lipinski definition) is 1. The summed E-state index contributed by atoms with van der Waals surface area (Å²) in [7, 11) is 1.66. The number of esters is 1. The van der Waals surface area contributed by atoms with E-state index in [1.807, 2.05) is 16.8 Å². The summed E-state index contributed by atoms with van der Waals surface area (Å²) in [6.45, 7) is 0.250. The molecule has 1 aromatic heterocycles. The largest absolute Gasteiger partial charge is 0.454 e. The number of nitrogens with one attached hydrogen (secondary N) is 1. The van der Waals surface area contributed by atoms with Crippen LogP contribution >= 0.6 is 23.1 Å². The van der Waals surface area contributed by atoms with Gasteiger partial charge in [0.25, 0.3) is 5.91 Å². The van der Waals surface area contributed by atoms with Crippen molar-refractivity contribution >= 4 is 46.6 Å². The molecule has 2 heterocycles. The van der Waals surface area contributed by atoms with Gasteiger partial charge in [0, 0.05) is 30.2 Å². The van der Waals surface area contributed by atoms with Crippen molar-refractivity contribution in [3.63, 3.8) is 0 Å². The number of anilines is 1.